The zero-order valence-electron chi connectivity index (χ0n) is 13.3. The number of carbonyl (C=O) groups excluding carboxylic acids is 1. The number of piperidine rings is 1. The number of hydrogen-bond donors (Lipinski definition) is 1. The van der Waals surface area contributed by atoms with Crippen molar-refractivity contribution in [3.05, 3.63) is 30.1 Å². The lowest BCUT2D eigenvalue weighted by molar-refractivity contribution is -0.134. The molecule has 2 aromatic rings. The number of benzene rings is 1. The quantitative estimate of drug-likeness (QED) is 0.948. The van der Waals surface area contributed by atoms with Crippen LogP contribution in [0, 0.1) is 0 Å². The molecule has 1 aromatic carbocycles. The van der Waals surface area contributed by atoms with Gasteiger partial charge in [0.05, 0.1) is 23.6 Å². The van der Waals surface area contributed by atoms with Gasteiger partial charge in [0.25, 0.3) is 0 Å². The highest BCUT2D eigenvalue weighted by molar-refractivity contribution is 5.77. The van der Waals surface area contributed by atoms with E-state index in [2.05, 4.69) is 11.1 Å². The monoisotopic (exact) mass is 313 g/mol. The third kappa shape index (κ3) is 3.11. The van der Waals surface area contributed by atoms with E-state index in [1.165, 1.54) is 0 Å². The second kappa shape index (κ2) is 6.32. The number of ether oxygens (including phenoxy) is 1. The fourth-order valence-electron chi connectivity index (χ4n) is 3.70. The van der Waals surface area contributed by atoms with Crippen LogP contribution in [0.5, 0.6) is 0 Å². The summed E-state index contributed by atoms with van der Waals surface area (Å²) in [5, 5.41) is 0. The van der Waals surface area contributed by atoms with Crippen molar-refractivity contribution in [1.29, 1.82) is 0 Å². The number of nitrogens with zero attached hydrogens (tertiary/aromatic N) is 2. The zero-order valence-corrected chi connectivity index (χ0v) is 13.3. The molecule has 4 rings (SSSR count). The molecule has 3 heterocycles. The van der Waals surface area contributed by atoms with Gasteiger partial charge in [-0.2, -0.15) is 0 Å². The van der Waals surface area contributed by atoms with E-state index in [-0.39, 0.29) is 12.0 Å². The van der Waals surface area contributed by atoms with Crippen LogP contribution >= 0.6 is 0 Å². The van der Waals surface area contributed by atoms with Crippen molar-refractivity contribution in [3.63, 3.8) is 0 Å². The lowest BCUT2D eigenvalue weighted by atomic mass is 9.95. The van der Waals surface area contributed by atoms with Gasteiger partial charge in [0.1, 0.15) is 5.82 Å². The van der Waals surface area contributed by atoms with Crippen molar-refractivity contribution >= 4 is 16.9 Å². The van der Waals surface area contributed by atoms with Crippen molar-refractivity contribution in [2.24, 2.45) is 0 Å². The van der Waals surface area contributed by atoms with Crippen molar-refractivity contribution in [1.82, 2.24) is 14.9 Å². The Labute approximate surface area is 136 Å². The van der Waals surface area contributed by atoms with Crippen molar-refractivity contribution in [3.8, 4) is 0 Å². The molecule has 2 saturated heterocycles. The summed E-state index contributed by atoms with van der Waals surface area (Å²) < 4.78 is 5.58. The number of amides is 1. The van der Waals surface area contributed by atoms with E-state index in [0.717, 1.165) is 62.2 Å². The minimum absolute atomic E-state index is 0.149. The van der Waals surface area contributed by atoms with Crippen molar-refractivity contribution in [2.75, 3.05) is 19.7 Å². The maximum absolute atomic E-state index is 12.4. The van der Waals surface area contributed by atoms with Gasteiger partial charge in [-0.15, -0.1) is 0 Å². The zero-order chi connectivity index (χ0) is 15.6. The van der Waals surface area contributed by atoms with E-state index in [1.54, 1.807) is 0 Å². The summed E-state index contributed by atoms with van der Waals surface area (Å²) in [6, 6.07) is 8.14. The highest BCUT2D eigenvalue weighted by atomic mass is 16.5. The Morgan fingerprint density at radius 3 is 2.83 bits per heavy atom. The number of carbonyl (C=O) groups is 1. The molecular formula is C18H23N3O2. The molecule has 122 valence electrons. The molecule has 2 aliphatic heterocycles. The van der Waals surface area contributed by atoms with E-state index in [4.69, 9.17) is 9.72 Å². The average molecular weight is 313 g/mol. The van der Waals surface area contributed by atoms with Crippen LogP contribution in [0.3, 0.4) is 0 Å². The number of H-pyrrole nitrogens is 1. The molecule has 0 aliphatic carbocycles. The Balaban J connectivity index is 1.35. The van der Waals surface area contributed by atoms with E-state index in [9.17, 15) is 4.79 Å². The molecular weight excluding hydrogens is 290 g/mol. The summed E-state index contributed by atoms with van der Waals surface area (Å²) in [6.45, 7) is 2.46. The second-order valence-electron chi connectivity index (χ2n) is 6.63. The maximum Gasteiger partial charge on any atom is 0.225 e. The molecule has 1 aromatic heterocycles. The van der Waals surface area contributed by atoms with E-state index < -0.39 is 0 Å². The summed E-state index contributed by atoms with van der Waals surface area (Å²) in [7, 11) is 0. The van der Waals surface area contributed by atoms with Gasteiger partial charge in [0.15, 0.2) is 0 Å². The Morgan fingerprint density at radius 1 is 1.26 bits per heavy atom. The summed E-state index contributed by atoms with van der Waals surface area (Å²) >= 11 is 0. The summed E-state index contributed by atoms with van der Waals surface area (Å²) in [4.78, 5) is 22.5. The lowest BCUT2D eigenvalue weighted by Gasteiger charge is -2.31. The minimum Gasteiger partial charge on any atom is -0.378 e. The van der Waals surface area contributed by atoms with Crippen LogP contribution in [-0.2, 0) is 9.53 Å². The molecule has 1 N–H and O–H groups in total. The molecule has 5 heteroatoms. The average Bonchev–Trinajstić information content (AvgIpc) is 3.24. The molecule has 1 amide bonds. The standard InChI is InChI=1S/C18H23N3O2/c22-17(12-14-4-3-11-23-14)21-9-7-13(8-10-21)18-19-15-5-1-2-6-16(15)20-18/h1-2,5-6,13-14H,3-4,7-12H2,(H,19,20)/t14-/m1/s1. The summed E-state index contributed by atoms with van der Waals surface area (Å²) in [5.41, 5.74) is 2.12. The van der Waals surface area contributed by atoms with Gasteiger partial charge >= 0.3 is 0 Å². The number of nitrogens with one attached hydrogen (secondary N) is 1. The SMILES string of the molecule is O=C(C[C@H]1CCCO1)N1CCC(c2nc3ccccc3[nH]2)CC1. The lowest BCUT2D eigenvalue weighted by Crippen LogP contribution is -2.39. The first-order valence-electron chi connectivity index (χ1n) is 8.63. The number of likely N-dealkylation sites (tertiary alicyclic amines) is 1. The van der Waals surface area contributed by atoms with E-state index >= 15 is 0 Å². The molecule has 2 aliphatic rings. The molecule has 23 heavy (non-hydrogen) atoms. The highest BCUT2D eigenvalue weighted by Gasteiger charge is 2.28. The van der Waals surface area contributed by atoms with Crippen LogP contribution in [0.4, 0.5) is 0 Å². The van der Waals surface area contributed by atoms with Crippen LogP contribution < -0.4 is 0 Å². The molecule has 0 spiro atoms. The number of aromatic nitrogens is 2. The van der Waals surface area contributed by atoms with Crippen molar-refractivity contribution in [2.45, 2.75) is 44.1 Å². The number of rotatable bonds is 3. The molecule has 0 saturated carbocycles. The van der Waals surface area contributed by atoms with Crippen LogP contribution in [0.1, 0.15) is 43.8 Å². The Bertz CT molecular complexity index is 649. The van der Waals surface area contributed by atoms with Crippen molar-refractivity contribution < 1.29 is 9.53 Å². The van der Waals surface area contributed by atoms with Gasteiger partial charge in [0, 0.05) is 25.6 Å². The first kappa shape index (κ1) is 14.7. The normalized spacial score (nSPS) is 22.8. The Kier molecular flexibility index (Phi) is 4.04. The van der Waals surface area contributed by atoms with E-state index in [0.29, 0.717) is 12.3 Å². The van der Waals surface area contributed by atoms with Crippen LogP contribution in [0.2, 0.25) is 0 Å². The number of hydrogen-bond acceptors (Lipinski definition) is 3. The Hall–Kier alpha value is -1.88. The van der Waals surface area contributed by atoms with Crippen LogP contribution in [0.15, 0.2) is 24.3 Å². The Morgan fingerprint density at radius 2 is 2.09 bits per heavy atom. The third-order valence-electron chi connectivity index (χ3n) is 5.07. The maximum atomic E-state index is 12.4. The minimum atomic E-state index is 0.149. The van der Waals surface area contributed by atoms with E-state index in [1.807, 2.05) is 23.1 Å². The predicted octanol–water partition coefficient (Wildman–Crippen LogP) is 2.84. The topological polar surface area (TPSA) is 58.2 Å². The summed E-state index contributed by atoms with van der Waals surface area (Å²) in [6.07, 6.45) is 4.78. The molecule has 0 radical (unpaired) electrons. The molecule has 0 unspecified atom stereocenters. The molecule has 2 fully saturated rings. The second-order valence-corrected chi connectivity index (χ2v) is 6.63. The van der Waals surface area contributed by atoms with Gasteiger partial charge < -0.3 is 14.6 Å². The van der Waals surface area contributed by atoms with Gasteiger partial charge in [0.2, 0.25) is 5.91 Å². The number of aromatic amines is 1. The predicted molar refractivity (Wildman–Crippen MR) is 88.2 cm³/mol. The van der Waals surface area contributed by atoms with Gasteiger partial charge in [-0.1, -0.05) is 12.1 Å². The number of para-hydroxylation sites is 2. The number of fused-ring (bicyclic) bond motifs is 1. The first-order chi connectivity index (χ1) is 11.3. The largest absolute Gasteiger partial charge is 0.378 e. The van der Waals surface area contributed by atoms with Crippen LogP contribution in [-0.4, -0.2) is 46.6 Å². The van der Waals surface area contributed by atoms with Gasteiger partial charge in [-0.05, 0) is 37.8 Å². The van der Waals surface area contributed by atoms with Gasteiger partial charge in [-0.25, -0.2) is 4.98 Å². The first-order valence-corrected chi connectivity index (χ1v) is 8.63. The third-order valence-corrected chi connectivity index (χ3v) is 5.07. The molecule has 0 bridgehead atoms. The molecule has 1 atom stereocenters. The number of imidazole rings is 1. The molecule has 5 nitrogen and oxygen atoms in total. The van der Waals surface area contributed by atoms with Crippen LogP contribution in [0.25, 0.3) is 11.0 Å². The fourth-order valence-corrected chi connectivity index (χ4v) is 3.70. The fraction of sp³-hybridized carbons (Fsp3) is 0.556. The van der Waals surface area contributed by atoms with Gasteiger partial charge in [-0.3, -0.25) is 4.79 Å². The smallest absolute Gasteiger partial charge is 0.225 e. The summed E-state index contributed by atoms with van der Waals surface area (Å²) in [5.74, 6) is 1.74. The highest BCUT2D eigenvalue weighted by Crippen LogP contribution is 2.28.